The lowest BCUT2D eigenvalue weighted by atomic mass is 10.0. The lowest BCUT2D eigenvalue weighted by Gasteiger charge is -2.07. The number of hydrogen-bond acceptors (Lipinski definition) is 1. The fourth-order valence-electron chi connectivity index (χ4n) is 1.50. The molecule has 0 aromatic heterocycles. The molecule has 0 spiro atoms. The molecule has 1 aromatic carbocycles. The number of carbonyl (C=O) groups is 1. The number of carbonyl (C=O) groups excluding carboxylic acids is 1. The standard InChI is InChI=1S/C12H17NO/c1-3-6-10-7-4-5-8-11(10)9-12(14)13-2/h4-5,7-8H,3,6,9H2,1-2H3,(H,13,14). The molecule has 0 aliphatic carbocycles. The van der Waals surface area contributed by atoms with Crippen molar-refractivity contribution in [3.63, 3.8) is 0 Å². The van der Waals surface area contributed by atoms with Gasteiger partial charge in [0.05, 0.1) is 6.42 Å². The Hall–Kier alpha value is -1.31. The van der Waals surface area contributed by atoms with Crippen molar-refractivity contribution in [1.29, 1.82) is 0 Å². The van der Waals surface area contributed by atoms with Crippen LogP contribution in [0.3, 0.4) is 0 Å². The minimum atomic E-state index is 0.0774. The van der Waals surface area contributed by atoms with Gasteiger partial charge < -0.3 is 5.32 Å². The van der Waals surface area contributed by atoms with E-state index in [-0.39, 0.29) is 5.91 Å². The largest absolute Gasteiger partial charge is 0.359 e. The Morgan fingerprint density at radius 1 is 1.29 bits per heavy atom. The topological polar surface area (TPSA) is 29.1 Å². The van der Waals surface area contributed by atoms with Crippen LogP contribution in [-0.4, -0.2) is 13.0 Å². The van der Waals surface area contributed by atoms with Gasteiger partial charge in [-0.15, -0.1) is 0 Å². The Balaban J connectivity index is 2.78. The highest BCUT2D eigenvalue weighted by molar-refractivity contribution is 5.78. The molecule has 0 bridgehead atoms. The van der Waals surface area contributed by atoms with E-state index >= 15 is 0 Å². The Bertz CT molecular complexity index is 307. The lowest BCUT2D eigenvalue weighted by molar-refractivity contribution is -0.119. The molecule has 0 aliphatic heterocycles. The molecule has 0 atom stereocenters. The second kappa shape index (κ2) is 5.43. The summed E-state index contributed by atoms with van der Waals surface area (Å²) >= 11 is 0. The summed E-state index contributed by atoms with van der Waals surface area (Å²) in [5.41, 5.74) is 2.44. The van der Waals surface area contributed by atoms with Crippen molar-refractivity contribution in [3.8, 4) is 0 Å². The first-order valence-corrected chi connectivity index (χ1v) is 5.05. The van der Waals surface area contributed by atoms with Gasteiger partial charge in [-0.2, -0.15) is 0 Å². The molecule has 14 heavy (non-hydrogen) atoms. The van der Waals surface area contributed by atoms with E-state index in [0.717, 1.165) is 18.4 Å². The van der Waals surface area contributed by atoms with Crippen molar-refractivity contribution in [3.05, 3.63) is 35.4 Å². The van der Waals surface area contributed by atoms with E-state index in [1.807, 2.05) is 18.2 Å². The first kappa shape index (κ1) is 10.8. The molecule has 0 aliphatic rings. The maximum Gasteiger partial charge on any atom is 0.224 e. The third kappa shape index (κ3) is 2.87. The molecule has 0 unspecified atom stereocenters. The molecule has 1 N–H and O–H groups in total. The van der Waals surface area contributed by atoms with E-state index in [0.29, 0.717) is 6.42 Å². The number of amides is 1. The highest BCUT2D eigenvalue weighted by Gasteiger charge is 2.04. The first-order chi connectivity index (χ1) is 6.77. The molecular weight excluding hydrogens is 174 g/mol. The average molecular weight is 191 g/mol. The molecule has 2 nitrogen and oxygen atoms in total. The third-order valence-electron chi connectivity index (χ3n) is 2.27. The summed E-state index contributed by atoms with van der Waals surface area (Å²) in [6, 6.07) is 8.14. The van der Waals surface area contributed by atoms with Crippen molar-refractivity contribution in [2.24, 2.45) is 0 Å². The number of hydrogen-bond donors (Lipinski definition) is 1. The predicted molar refractivity (Wildman–Crippen MR) is 58.2 cm³/mol. The zero-order valence-electron chi connectivity index (χ0n) is 8.84. The number of aryl methyl sites for hydroxylation is 1. The number of benzene rings is 1. The van der Waals surface area contributed by atoms with Crippen LogP contribution < -0.4 is 5.32 Å². The Labute approximate surface area is 85.3 Å². The fraction of sp³-hybridized carbons (Fsp3) is 0.417. The molecule has 1 aromatic rings. The van der Waals surface area contributed by atoms with Crippen molar-refractivity contribution < 1.29 is 4.79 Å². The molecule has 76 valence electrons. The zero-order chi connectivity index (χ0) is 10.4. The average Bonchev–Trinajstić information content (AvgIpc) is 2.21. The van der Waals surface area contributed by atoms with Gasteiger partial charge in [-0.05, 0) is 17.5 Å². The zero-order valence-corrected chi connectivity index (χ0v) is 8.84. The van der Waals surface area contributed by atoms with Gasteiger partial charge in [-0.3, -0.25) is 4.79 Å². The summed E-state index contributed by atoms with van der Waals surface area (Å²) in [6.45, 7) is 2.15. The highest BCUT2D eigenvalue weighted by Crippen LogP contribution is 2.11. The summed E-state index contributed by atoms with van der Waals surface area (Å²) in [5, 5.41) is 2.64. The van der Waals surface area contributed by atoms with Crippen LogP contribution in [0.5, 0.6) is 0 Å². The van der Waals surface area contributed by atoms with Crippen LogP contribution in [0.1, 0.15) is 24.5 Å². The van der Waals surface area contributed by atoms with E-state index in [9.17, 15) is 4.79 Å². The summed E-state index contributed by atoms with van der Waals surface area (Å²) in [4.78, 5) is 11.2. The Morgan fingerprint density at radius 2 is 1.93 bits per heavy atom. The fourth-order valence-corrected chi connectivity index (χ4v) is 1.50. The minimum absolute atomic E-state index is 0.0774. The molecule has 0 saturated heterocycles. The molecule has 0 radical (unpaired) electrons. The van der Waals surface area contributed by atoms with Gasteiger partial charge in [-0.1, -0.05) is 37.6 Å². The highest BCUT2D eigenvalue weighted by atomic mass is 16.1. The van der Waals surface area contributed by atoms with Crippen LogP contribution in [0.4, 0.5) is 0 Å². The van der Waals surface area contributed by atoms with Gasteiger partial charge in [0.2, 0.25) is 5.91 Å². The predicted octanol–water partition coefficient (Wildman–Crippen LogP) is 1.93. The van der Waals surface area contributed by atoms with Gasteiger partial charge in [0, 0.05) is 7.05 Å². The lowest BCUT2D eigenvalue weighted by Crippen LogP contribution is -2.20. The summed E-state index contributed by atoms with van der Waals surface area (Å²) in [6.07, 6.45) is 2.66. The van der Waals surface area contributed by atoms with Gasteiger partial charge >= 0.3 is 0 Å². The van der Waals surface area contributed by atoms with Crippen molar-refractivity contribution in [1.82, 2.24) is 5.32 Å². The van der Waals surface area contributed by atoms with Crippen molar-refractivity contribution in [2.45, 2.75) is 26.2 Å². The van der Waals surface area contributed by atoms with Crippen molar-refractivity contribution >= 4 is 5.91 Å². The van der Waals surface area contributed by atoms with Crippen LogP contribution in [0, 0.1) is 0 Å². The summed E-state index contributed by atoms with van der Waals surface area (Å²) in [7, 11) is 1.67. The smallest absolute Gasteiger partial charge is 0.224 e. The molecule has 0 fully saturated rings. The van der Waals surface area contributed by atoms with E-state index in [2.05, 4.69) is 18.3 Å². The second-order valence-electron chi connectivity index (χ2n) is 3.37. The van der Waals surface area contributed by atoms with Gasteiger partial charge in [0.25, 0.3) is 0 Å². The maximum absolute atomic E-state index is 11.2. The van der Waals surface area contributed by atoms with Crippen LogP contribution in [0.2, 0.25) is 0 Å². The van der Waals surface area contributed by atoms with Crippen molar-refractivity contribution in [2.75, 3.05) is 7.05 Å². The molecule has 0 saturated carbocycles. The van der Waals surface area contributed by atoms with Crippen LogP contribution in [0.25, 0.3) is 0 Å². The Morgan fingerprint density at radius 3 is 2.50 bits per heavy atom. The van der Waals surface area contributed by atoms with Gasteiger partial charge in [0.15, 0.2) is 0 Å². The van der Waals surface area contributed by atoms with Crippen LogP contribution >= 0.6 is 0 Å². The van der Waals surface area contributed by atoms with E-state index in [4.69, 9.17) is 0 Å². The second-order valence-corrected chi connectivity index (χ2v) is 3.37. The quantitative estimate of drug-likeness (QED) is 0.774. The molecule has 1 amide bonds. The van der Waals surface area contributed by atoms with Gasteiger partial charge in [0.1, 0.15) is 0 Å². The summed E-state index contributed by atoms with van der Waals surface area (Å²) < 4.78 is 0. The first-order valence-electron chi connectivity index (χ1n) is 5.05. The SMILES string of the molecule is CCCc1ccccc1CC(=O)NC. The van der Waals surface area contributed by atoms with Crippen LogP contribution in [0.15, 0.2) is 24.3 Å². The summed E-state index contributed by atoms with van der Waals surface area (Å²) in [5.74, 6) is 0.0774. The Kier molecular flexibility index (Phi) is 4.17. The molecule has 2 heteroatoms. The maximum atomic E-state index is 11.2. The normalized spacial score (nSPS) is 9.86. The number of rotatable bonds is 4. The monoisotopic (exact) mass is 191 g/mol. The minimum Gasteiger partial charge on any atom is -0.359 e. The molecule has 0 heterocycles. The van der Waals surface area contributed by atoms with E-state index < -0.39 is 0 Å². The number of nitrogens with one attached hydrogen (secondary N) is 1. The number of likely N-dealkylation sites (N-methyl/N-ethyl adjacent to an activating group) is 1. The third-order valence-corrected chi connectivity index (χ3v) is 2.27. The molecular formula is C12H17NO. The van der Waals surface area contributed by atoms with Crippen LogP contribution in [-0.2, 0) is 17.6 Å². The van der Waals surface area contributed by atoms with E-state index in [1.165, 1.54) is 5.56 Å². The van der Waals surface area contributed by atoms with Gasteiger partial charge in [-0.25, -0.2) is 0 Å². The molecule has 1 rings (SSSR count). The van der Waals surface area contributed by atoms with E-state index in [1.54, 1.807) is 7.05 Å².